The Morgan fingerprint density at radius 1 is 0.909 bits per heavy atom. The predicted molar refractivity (Wildman–Crippen MR) is 138 cm³/mol. The second-order valence-electron chi connectivity index (χ2n) is 9.79. The molecule has 0 fully saturated rings. The molecule has 0 saturated carbocycles. The lowest BCUT2D eigenvalue weighted by atomic mass is 10.0. The molecule has 0 saturated heterocycles. The van der Waals surface area contributed by atoms with E-state index < -0.39 is 5.97 Å². The molecule has 2 atom stereocenters. The van der Waals surface area contributed by atoms with Gasteiger partial charge in [0.1, 0.15) is 18.9 Å². The van der Waals surface area contributed by atoms with Gasteiger partial charge in [0, 0.05) is 13.3 Å². The maximum absolute atomic E-state index is 11.2. The van der Waals surface area contributed by atoms with Gasteiger partial charge in [-0.05, 0) is 32.1 Å². The lowest BCUT2D eigenvalue weighted by molar-refractivity contribution is -0.808. The molecular weight excluding hydrogens is 410 g/mol. The molecule has 0 aromatic rings. The Kier molecular flexibility index (Phi) is 16.9. The van der Waals surface area contributed by atoms with Crippen LogP contribution in [0.15, 0.2) is 29.5 Å². The summed E-state index contributed by atoms with van der Waals surface area (Å²) in [5, 5.41) is 11.2. The van der Waals surface area contributed by atoms with Gasteiger partial charge in [-0.15, -0.1) is 0 Å². The number of carboxylic acids is 1. The number of quaternary nitrogens is 1. The molecule has 0 radical (unpaired) electrons. The van der Waals surface area contributed by atoms with Gasteiger partial charge in [-0.3, -0.25) is 5.73 Å². The fourth-order valence-electron chi connectivity index (χ4n) is 4.64. The maximum atomic E-state index is 11.2. The molecule has 5 heteroatoms. The van der Waals surface area contributed by atoms with E-state index in [2.05, 4.69) is 24.1 Å². The van der Waals surface area contributed by atoms with Crippen molar-refractivity contribution < 1.29 is 14.4 Å². The van der Waals surface area contributed by atoms with Gasteiger partial charge in [0.05, 0.1) is 12.2 Å². The second kappa shape index (κ2) is 18.9. The monoisotopic (exact) mass is 461 g/mol. The molecule has 2 N–H and O–H groups in total. The fraction of sp³-hybridized carbons (Fsp3) is 0.786. The smallest absolute Gasteiger partial charge is 0.209 e. The number of carbonyl (C=O) groups is 1. The van der Waals surface area contributed by atoms with Gasteiger partial charge in [0.15, 0.2) is 0 Å². The first-order valence-corrected chi connectivity index (χ1v) is 13.8. The highest BCUT2D eigenvalue weighted by atomic mass is 16.4. The van der Waals surface area contributed by atoms with E-state index in [4.69, 9.17) is 5.73 Å². The molecule has 1 rings (SSSR count). The third-order valence-electron chi connectivity index (χ3n) is 6.82. The first-order chi connectivity index (χ1) is 16.0. The number of nitrogens with zero attached hydrogens (tertiary/aromatic N) is 2. The van der Waals surface area contributed by atoms with Crippen molar-refractivity contribution in [3.05, 3.63) is 24.6 Å². The van der Waals surface area contributed by atoms with Crippen molar-refractivity contribution >= 4 is 11.8 Å². The summed E-state index contributed by atoms with van der Waals surface area (Å²) in [6.07, 6.45) is 30.9. The molecule has 0 amide bonds. The van der Waals surface area contributed by atoms with Gasteiger partial charge in [-0.2, -0.15) is 0 Å². The first kappa shape index (κ1) is 29.6. The minimum atomic E-state index is -1.09. The van der Waals surface area contributed by atoms with Crippen LogP contribution in [0.5, 0.6) is 0 Å². The van der Waals surface area contributed by atoms with Crippen LogP contribution in [-0.2, 0) is 4.79 Å². The average Bonchev–Trinajstić information content (AvgIpc) is 3.18. The van der Waals surface area contributed by atoms with Crippen molar-refractivity contribution in [1.29, 1.82) is 0 Å². The Bertz CT molecular complexity index is 598. The number of amidine groups is 1. The molecule has 2 unspecified atom stereocenters. The van der Waals surface area contributed by atoms with Crippen molar-refractivity contribution in [2.24, 2.45) is 10.7 Å². The third-order valence-corrected chi connectivity index (χ3v) is 6.82. The molecule has 5 nitrogen and oxygen atoms in total. The number of aliphatic imine (C=N–C) groups is 1. The summed E-state index contributed by atoms with van der Waals surface area (Å²) < 4.78 is 0.108. The zero-order valence-electron chi connectivity index (χ0n) is 21.6. The zero-order valence-corrected chi connectivity index (χ0v) is 21.6. The zero-order chi connectivity index (χ0) is 24.2. The topological polar surface area (TPSA) is 78.5 Å². The first-order valence-electron chi connectivity index (χ1n) is 13.8. The summed E-state index contributed by atoms with van der Waals surface area (Å²) in [6, 6.07) is 0. The molecule has 1 aliphatic heterocycles. The van der Waals surface area contributed by atoms with E-state index in [-0.39, 0.29) is 17.2 Å². The molecule has 0 aliphatic carbocycles. The van der Waals surface area contributed by atoms with Crippen LogP contribution in [0.3, 0.4) is 0 Å². The summed E-state index contributed by atoms with van der Waals surface area (Å²) in [5.74, 6) is -0.229. The van der Waals surface area contributed by atoms with Gasteiger partial charge in [0.2, 0.25) is 5.84 Å². The number of nitrogens with two attached hydrogens (primary N) is 1. The number of hydrogen-bond acceptors (Lipinski definition) is 4. The molecule has 33 heavy (non-hydrogen) atoms. The van der Waals surface area contributed by atoms with Crippen molar-refractivity contribution in [3.8, 4) is 0 Å². The predicted octanol–water partition coefficient (Wildman–Crippen LogP) is 6.34. The Labute approximate surface area is 203 Å². The molecule has 190 valence electrons. The maximum Gasteiger partial charge on any atom is 0.209 e. The highest BCUT2D eigenvalue weighted by Crippen LogP contribution is 2.23. The highest BCUT2D eigenvalue weighted by Gasteiger charge is 2.38. The summed E-state index contributed by atoms with van der Waals surface area (Å²) in [6.45, 7) is 3.97. The lowest BCUT2D eigenvalue weighted by Gasteiger charge is -2.36. The fourth-order valence-corrected chi connectivity index (χ4v) is 4.64. The van der Waals surface area contributed by atoms with Gasteiger partial charge >= 0.3 is 0 Å². The van der Waals surface area contributed by atoms with Gasteiger partial charge < -0.3 is 9.90 Å². The number of rotatable bonds is 22. The van der Waals surface area contributed by atoms with Crippen LogP contribution in [0.1, 0.15) is 129 Å². The van der Waals surface area contributed by atoms with Crippen LogP contribution in [0.4, 0.5) is 0 Å². The molecular formula is C28H51N3O2. The Morgan fingerprint density at radius 3 is 1.88 bits per heavy atom. The highest BCUT2D eigenvalue weighted by molar-refractivity contribution is 5.81. The van der Waals surface area contributed by atoms with Crippen LogP contribution >= 0.6 is 0 Å². The van der Waals surface area contributed by atoms with Gasteiger partial charge in [-0.25, -0.2) is 9.48 Å². The Balaban J connectivity index is 1.93. The summed E-state index contributed by atoms with van der Waals surface area (Å²) in [7, 11) is 0. The van der Waals surface area contributed by atoms with Crippen LogP contribution in [-0.4, -0.2) is 29.0 Å². The Hall–Kier alpha value is -1.46. The number of unbranched alkanes of at least 4 members (excludes halogenated alkanes) is 15. The molecule has 0 spiro atoms. The summed E-state index contributed by atoms with van der Waals surface area (Å²) in [4.78, 5) is 15.6. The molecule has 0 aromatic carbocycles. The second-order valence-corrected chi connectivity index (χ2v) is 9.79. The van der Waals surface area contributed by atoms with Crippen LogP contribution < -0.4 is 10.8 Å². The van der Waals surface area contributed by atoms with Crippen molar-refractivity contribution in [2.75, 3.05) is 6.54 Å². The number of aliphatic carboxylic acids is 1. The average molecular weight is 462 g/mol. The molecule has 0 bridgehead atoms. The molecule has 0 aromatic heterocycles. The van der Waals surface area contributed by atoms with E-state index in [1.54, 1.807) is 12.4 Å². The quantitative estimate of drug-likeness (QED) is 0.116. The van der Waals surface area contributed by atoms with Crippen molar-refractivity contribution in [1.82, 2.24) is 0 Å². The van der Waals surface area contributed by atoms with Crippen molar-refractivity contribution in [2.45, 2.75) is 136 Å². The van der Waals surface area contributed by atoms with Crippen LogP contribution in [0.2, 0.25) is 0 Å². The van der Waals surface area contributed by atoms with Crippen LogP contribution in [0, 0.1) is 0 Å². The largest absolute Gasteiger partial charge is 0.544 e. The SMILES string of the molecule is CCCCCCC/C=C/CCCCCCCCCCCCC1=NC=C[N+]1(CC(=O)[O-])C(C)N. The number of carboxylic acid groups (broad SMARTS) is 1. The van der Waals surface area contributed by atoms with E-state index in [1.165, 1.54) is 96.3 Å². The minimum absolute atomic E-state index is 0.108. The standard InChI is InChI=1S/C28H51N3O2/c1-3-4-5-6-7-8-9-10-11-12-13-14-15-16-17-18-19-20-21-22-27-30-23-24-31(27,26(2)29)25-28(32)33/h9-10,23-24,26H,3-8,11-22,25,29H2,1-2H3/b10-9+. The normalized spacial score (nSPS) is 18.8. The van der Waals surface area contributed by atoms with Gasteiger partial charge in [0.25, 0.3) is 0 Å². The van der Waals surface area contributed by atoms with E-state index in [9.17, 15) is 9.90 Å². The minimum Gasteiger partial charge on any atom is -0.544 e. The van der Waals surface area contributed by atoms with Crippen LogP contribution in [0.25, 0.3) is 0 Å². The van der Waals surface area contributed by atoms with E-state index >= 15 is 0 Å². The van der Waals surface area contributed by atoms with E-state index in [0.29, 0.717) is 0 Å². The number of hydrogen-bond donors (Lipinski definition) is 1. The lowest BCUT2D eigenvalue weighted by Crippen LogP contribution is -2.60. The Morgan fingerprint density at radius 2 is 1.39 bits per heavy atom. The van der Waals surface area contributed by atoms with E-state index in [0.717, 1.165) is 25.1 Å². The van der Waals surface area contributed by atoms with Gasteiger partial charge in [-0.1, -0.05) is 96.1 Å². The summed E-state index contributed by atoms with van der Waals surface area (Å²) >= 11 is 0. The van der Waals surface area contributed by atoms with E-state index in [1.807, 2.05) is 6.92 Å². The number of allylic oxidation sites excluding steroid dienone is 2. The van der Waals surface area contributed by atoms with Crippen molar-refractivity contribution in [3.63, 3.8) is 0 Å². The third kappa shape index (κ3) is 13.1. The molecule has 1 heterocycles. The summed E-state index contributed by atoms with van der Waals surface area (Å²) in [5.41, 5.74) is 6.09. The molecule has 1 aliphatic rings. The number of carbonyl (C=O) groups excluding carboxylic acids is 1.